The predicted molar refractivity (Wildman–Crippen MR) is 92.9 cm³/mol. The van der Waals surface area contributed by atoms with Crippen LogP contribution in [0.15, 0.2) is 48.5 Å². The summed E-state index contributed by atoms with van der Waals surface area (Å²) in [6.07, 6.45) is 1.25. The fourth-order valence-corrected chi connectivity index (χ4v) is 3.12. The van der Waals surface area contributed by atoms with Gasteiger partial charge in [0.1, 0.15) is 0 Å². The van der Waals surface area contributed by atoms with Gasteiger partial charge in [-0.15, -0.1) is 0 Å². The van der Waals surface area contributed by atoms with Crippen LogP contribution in [0.25, 0.3) is 0 Å². The number of rotatable bonds is 5. The number of benzene rings is 2. The Kier molecular flexibility index (Phi) is 4.91. The van der Waals surface area contributed by atoms with Crippen LogP contribution in [0.2, 0.25) is 0 Å². The third kappa shape index (κ3) is 3.96. The summed E-state index contributed by atoms with van der Waals surface area (Å²) in [6, 6.07) is 18.6. The van der Waals surface area contributed by atoms with Gasteiger partial charge in [-0.05, 0) is 37.9 Å². The quantitative estimate of drug-likeness (QED) is 0.905. The SMILES string of the molecule is Cc1ccc(CN(Cc2ccc(C)cc2)C2CCNC2)cc1. The van der Waals surface area contributed by atoms with E-state index in [1.807, 2.05) is 0 Å². The summed E-state index contributed by atoms with van der Waals surface area (Å²) in [5, 5.41) is 3.50. The molecule has 0 radical (unpaired) electrons. The minimum Gasteiger partial charge on any atom is -0.315 e. The van der Waals surface area contributed by atoms with Gasteiger partial charge in [0.05, 0.1) is 0 Å². The number of nitrogens with zero attached hydrogens (tertiary/aromatic N) is 1. The molecule has 116 valence electrons. The molecule has 0 amide bonds. The second-order valence-corrected chi connectivity index (χ2v) is 6.52. The van der Waals surface area contributed by atoms with Crippen molar-refractivity contribution in [3.8, 4) is 0 Å². The third-order valence-corrected chi connectivity index (χ3v) is 4.56. The van der Waals surface area contributed by atoms with E-state index in [0.717, 1.165) is 26.2 Å². The molecule has 2 heteroatoms. The molecule has 1 fully saturated rings. The number of nitrogens with one attached hydrogen (secondary N) is 1. The third-order valence-electron chi connectivity index (χ3n) is 4.56. The lowest BCUT2D eigenvalue weighted by atomic mass is 10.1. The van der Waals surface area contributed by atoms with Gasteiger partial charge in [0.15, 0.2) is 0 Å². The first kappa shape index (κ1) is 15.3. The fraction of sp³-hybridized carbons (Fsp3) is 0.400. The maximum atomic E-state index is 3.50. The van der Waals surface area contributed by atoms with E-state index >= 15 is 0 Å². The van der Waals surface area contributed by atoms with Gasteiger partial charge >= 0.3 is 0 Å². The van der Waals surface area contributed by atoms with Crippen molar-refractivity contribution >= 4 is 0 Å². The zero-order valence-electron chi connectivity index (χ0n) is 13.7. The summed E-state index contributed by atoms with van der Waals surface area (Å²) < 4.78 is 0. The molecule has 1 aliphatic rings. The molecule has 1 heterocycles. The molecule has 1 atom stereocenters. The fourth-order valence-electron chi connectivity index (χ4n) is 3.12. The second kappa shape index (κ2) is 7.08. The van der Waals surface area contributed by atoms with Gasteiger partial charge in [0, 0.05) is 25.7 Å². The largest absolute Gasteiger partial charge is 0.315 e. The van der Waals surface area contributed by atoms with E-state index in [0.29, 0.717) is 6.04 Å². The van der Waals surface area contributed by atoms with Crippen molar-refractivity contribution in [1.82, 2.24) is 10.2 Å². The Balaban J connectivity index is 1.74. The number of hydrogen-bond acceptors (Lipinski definition) is 2. The first-order valence-corrected chi connectivity index (χ1v) is 8.26. The van der Waals surface area contributed by atoms with Crippen molar-refractivity contribution in [2.24, 2.45) is 0 Å². The van der Waals surface area contributed by atoms with Gasteiger partial charge in [0.25, 0.3) is 0 Å². The lowest BCUT2D eigenvalue weighted by Gasteiger charge is -2.28. The van der Waals surface area contributed by atoms with Crippen LogP contribution in [0.1, 0.15) is 28.7 Å². The molecule has 1 aliphatic heterocycles. The maximum absolute atomic E-state index is 3.50. The summed E-state index contributed by atoms with van der Waals surface area (Å²) in [5.41, 5.74) is 5.47. The van der Waals surface area contributed by atoms with Gasteiger partial charge in [-0.3, -0.25) is 4.90 Å². The Morgan fingerprint density at radius 2 is 1.36 bits per heavy atom. The zero-order valence-corrected chi connectivity index (χ0v) is 13.7. The van der Waals surface area contributed by atoms with Crippen LogP contribution in [-0.4, -0.2) is 24.0 Å². The van der Waals surface area contributed by atoms with Crippen LogP contribution in [0.4, 0.5) is 0 Å². The average Bonchev–Trinajstić information content (AvgIpc) is 3.05. The van der Waals surface area contributed by atoms with Gasteiger partial charge in [-0.1, -0.05) is 59.7 Å². The molecule has 1 unspecified atom stereocenters. The lowest BCUT2D eigenvalue weighted by molar-refractivity contribution is 0.190. The minimum absolute atomic E-state index is 0.641. The van der Waals surface area contributed by atoms with E-state index in [9.17, 15) is 0 Å². The number of aryl methyl sites for hydroxylation is 2. The smallest absolute Gasteiger partial charge is 0.0240 e. The van der Waals surface area contributed by atoms with Gasteiger partial charge in [0.2, 0.25) is 0 Å². The molecule has 0 bridgehead atoms. The van der Waals surface area contributed by atoms with Crippen molar-refractivity contribution in [3.63, 3.8) is 0 Å². The molecule has 1 saturated heterocycles. The lowest BCUT2D eigenvalue weighted by Crippen LogP contribution is -2.35. The predicted octanol–water partition coefficient (Wildman–Crippen LogP) is 3.67. The molecule has 0 aliphatic carbocycles. The Morgan fingerprint density at radius 3 is 1.77 bits per heavy atom. The maximum Gasteiger partial charge on any atom is 0.0240 e. The summed E-state index contributed by atoms with van der Waals surface area (Å²) >= 11 is 0. The highest BCUT2D eigenvalue weighted by Crippen LogP contribution is 2.18. The van der Waals surface area contributed by atoms with Gasteiger partial charge in [-0.25, -0.2) is 0 Å². The van der Waals surface area contributed by atoms with E-state index in [1.165, 1.54) is 28.7 Å². The minimum atomic E-state index is 0.641. The van der Waals surface area contributed by atoms with E-state index in [2.05, 4.69) is 72.6 Å². The van der Waals surface area contributed by atoms with E-state index in [-0.39, 0.29) is 0 Å². The normalized spacial score (nSPS) is 18.0. The van der Waals surface area contributed by atoms with Crippen molar-refractivity contribution in [2.75, 3.05) is 13.1 Å². The van der Waals surface area contributed by atoms with Crippen molar-refractivity contribution in [3.05, 3.63) is 70.8 Å². The molecular weight excluding hydrogens is 268 g/mol. The van der Waals surface area contributed by atoms with Crippen LogP contribution >= 0.6 is 0 Å². The first-order chi connectivity index (χ1) is 10.7. The Morgan fingerprint density at radius 1 is 0.864 bits per heavy atom. The second-order valence-electron chi connectivity index (χ2n) is 6.52. The molecule has 3 rings (SSSR count). The van der Waals surface area contributed by atoms with Crippen molar-refractivity contribution in [2.45, 2.75) is 39.4 Å². The molecule has 0 saturated carbocycles. The van der Waals surface area contributed by atoms with E-state index in [4.69, 9.17) is 0 Å². The van der Waals surface area contributed by atoms with E-state index < -0.39 is 0 Å². The molecule has 0 aromatic heterocycles. The highest BCUT2D eigenvalue weighted by molar-refractivity contribution is 5.23. The Labute approximate surface area is 134 Å². The molecule has 1 N–H and O–H groups in total. The standard InChI is InChI=1S/C20H26N2/c1-16-3-7-18(8-4-16)14-22(20-11-12-21-13-20)15-19-9-5-17(2)6-10-19/h3-10,20-21H,11-15H2,1-2H3. The summed E-state index contributed by atoms with van der Waals surface area (Å²) in [7, 11) is 0. The number of hydrogen-bond donors (Lipinski definition) is 1. The molecular formula is C20H26N2. The first-order valence-electron chi connectivity index (χ1n) is 8.26. The highest BCUT2D eigenvalue weighted by atomic mass is 15.2. The molecule has 2 nitrogen and oxygen atoms in total. The van der Waals surface area contributed by atoms with E-state index in [1.54, 1.807) is 0 Å². The molecule has 22 heavy (non-hydrogen) atoms. The monoisotopic (exact) mass is 294 g/mol. The van der Waals surface area contributed by atoms with Crippen LogP contribution in [0.5, 0.6) is 0 Å². The average molecular weight is 294 g/mol. The molecule has 2 aromatic carbocycles. The molecule has 0 spiro atoms. The van der Waals surface area contributed by atoms with Crippen molar-refractivity contribution < 1.29 is 0 Å². The van der Waals surface area contributed by atoms with Crippen LogP contribution in [0.3, 0.4) is 0 Å². The Bertz CT molecular complexity index is 533. The van der Waals surface area contributed by atoms with Gasteiger partial charge < -0.3 is 5.32 Å². The van der Waals surface area contributed by atoms with Crippen LogP contribution < -0.4 is 5.32 Å². The zero-order chi connectivity index (χ0) is 15.4. The molecule has 2 aromatic rings. The Hall–Kier alpha value is -1.64. The summed E-state index contributed by atoms with van der Waals surface area (Å²) in [5.74, 6) is 0. The topological polar surface area (TPSA) is 15.3 Å². The highest BCUT2D eigenvalue weighted by Gasteiger charge is 2.22. The van der Waals surface area contributed by atoms with Gasteiger partial charge in [-0.2, -0.15) is 0 Å². The van der Waals surface area contributed by atoms with Crippen LogP contribution in [-0.2, 0) is 13.1 Å². The summed E-state index contributed by atoms with van der Waals surface area (Å²) in [6.45, 7) is 8.60. The van der Waals surface area contributed by atoms with Crippen LogP contribution in [0, 0.1) is 13.8 Å². The summed E-state index contributed by atoms with van der Waals surface area (Å²) in [4.78, 5) is 2.62. The van der Waals surface area contributed by atoms with Crippen molar-refractivity contribution in [1.29, 1.82) is 0 Å².